The predicted octanol–water partition coefficient (Wildman–Crippen LogP) is 2.85. The Kier molecular flexibility index (Phi) is 2.62. The number of aromatic hydroxyl groups is 1. The summed E-state index contributed by atoms with van der Waals surface area (Å²) in [6, 6.07) is 5.30. The molecule has 2 N–H and O–H groups in total. The highest BCUT2D eigenvalue weighted by Crippen LogP contribution is 2.44. The van der Waals surface area contributed by atoms with E-state index in [1.165, 1.54) is 0 Å². The third-order valence-electron chi connectivity index (χ3n) is 4.03. The zero-order valence-electron chi connectivity index (χ0n) is 10.4. The van der Waals surface area contributed by atoms with Crippen LogP contribution in [0.15, 0.2) is 30.4 Å². The minimum Gasteiger partial charge on any atom is -0.506 e. The van der Waals surface area contributed by atoms with Crippen molar-refractivity contribution in [2.75, 3.05) is 5.32 Å². The molecule has 0 saturated heterocycles. The summed E-state index contributed by atoms with van der Waals surface area (Å²) in [6.45, 7) is 1.91. The Hall–Kier alpha value is -1.77. The first kappa shape index (κ1) is 11.3. The van der Waals surface area contributed by atoms with Crippen molar-refractivity contribution in [3.8, 4) is 5.75 Å². The molecule has 1 saturated carbocycles. The lowest BCUT2D eigenvalue weighted by Crippen LogP contribution is -2.25. The predicted molar refractivity (Wildman–Crippen MR) is 70.3 cm³/mol. The third-order valence-corrected chi connectivity index (χ3v) is 4.03. The van der Waals surface area contributed by atoms with Gasteiger partial charge in [-0.05, 0) is 49.3 Å². The second-order valence-corrected chi connectivity index (χ2v) is 5.40. The van der Waals surface area contributed by atoms with Crippen molar-refractivity contribution in [3.63, 3.8) is 0 Å². The fourth-order valence-electron chi connectivity index (χ4n) is 3.05. The molecule has 3 rings (SSSR count). The molecule has 18 heavy (non-hydrogen) atoms. The van der Waals surface area contributed by atoms with E-state index in [1.807, 2.05) is 13.0 Å². The SMILES string of the molecule is Cc1ccc(NC(=O)C2CC3C=CC2C3)c(O)c1. The fourth-order valence-corrected chi connectivity index (χ4v) is 3.05. The van der Waals surface area contributed by atoms with Crippen molar-refractivity contribution < 1.29 is 9.90 Å². The molecule has 0 aliphatic heterocycles. The summed E-state index contributed by atoms with van der Waals surface area (Å²) >= 11 is 0. The Morgan fingerprint density at radius 1 is 1.33 bits per heavy atom. The average Bonchev–Trinajstić information content (AvgIpc) is 2.94. The number of allylic oxidation sites excluding steroid dienone is 2. The lowest BCUT2D eigenvalue weighted by atomic mass is 9.93. The molecule has 3 atom stereocenters. The molecule has 1 fully saturated rings. The van der Waals surface area contributed by atoms with Gasteiger partial charge >= 0.3 is 0 Å². The van der Waals surface area contributed by atoms with E-state index >= 15 is 0 Å². The van der Waals surface area contributed by atoms with E-state index in [0.29, 0.717) is 17.5 Å². The number of benzene rings is 1. The Morgan fingerprint density at radius 3 is 2.78 bits per heavy atom. The molecule has 1 aromatic carbocycles. The van der Waals surface area contributed by atoms with E-state index in [4.69, 9.17) is 0 Å². The van der Waals surface area contributed by atoms with Crippen molar-refractivity contribution in [3.05, 3.63) is 35.9 Å². The summed E-state index contributed by atoms with van der Waals surface area (Å²) in [5.41, 5.74) is 1.49. The quantitative estimate of drug-likeness (QED) is 0.620. The number of rotatable bonds is 2. The molecule has 2 bridgehead atoms. The Balaban J connectivity index is 1.73. The van der Waals surface area contributed by atoms with Gasteiger partial charge in [0.25, 0.3) is 0 Å². The van der Waals surface area contributed by atoms with Crippen LogP contribution in [0.1, 0.15) is 18.4 Å². The number of fused-ring (bicyclic) bond motifs is 2. The molecule has 1 aromatic rings. The van der Waals surface area contributed by atoms with E-state index < -0.39 is 0 Å². The Bertz CT molecular complexity index is 521. The highest BCUT2D eigenvalue weighted by Gasteiger charge is 2.39. The Labute approximate surface area is 107 Å². The first-order valence-corrected chi connectivity index (χ1v) is 6.42. The van der Waals surface area contributed by atoms with Crippen LogP contribution in [0.5, 0.6) is 5.75 Å². The third kappa shape index (κ3) is 1.90. The zero-order chi connectivity index (χ0) is 12.7. The van der Waals surface area contributed by atoms with E-state index in [0.717, 1.165) is 18.4 Å². The maximum atomic E-state index is 12.2. The van der Waals surface area contributed by atoms with E-state index in [-0.39, 0.29) is 17.6 Å². The van der Waals surface area contributed by atoms with Crippen LogP contribution in [0.3, 0.4) is 0 Å². The lowest BCUT2D eigenvalue weighted by molar-refractivity contribution is -0.120. The van der Waals surface area contributed by atoms with Gasteiger partial charge < -0.3 is 10.4 Å². The molecule has 3 heteroatoms. The van der Waals surface area contributed by atoms with Crippen LogP contribution in [0.4, 0.5) is 5.69 Å². The van der Waals surface area contributed by atoms with Gasteiger partial charge in [0.1, 0.15) is 5.75 Å². The van der Waals surface area contributed by atoms with Gasteiger partial charge in [0, 0.05) is 5.92 Å². The van der Waals surface area contributed by atoms with Gasteiger partial charge in [-0.2, -0.15) is 0 Å². The fraction of sp³-hybridized carbons (Fsp3) is 0.400. The summed E-state index contributed by atoms with van der Waals surface area (Å²) < 4.78 is 0. The van der Waals surface area contributed by atoms with Gasteiger partial charge in [-0.15, -0.1) is 0 Å². The van der Waals surface area contributed by atoms with E-state index in [1.54, 1.807) is 12.1 Å². The molecular weight excluding hydrogens is 226 g/mol. The lowest BCUT2D eigenvalue weighted by Gasteiger charge is -2.18. The first-order valence-electron chi connectivity index (χ1n) is 6.42. The van der Waals surface area contributed by atoms with Crippen molar-refractivity contribution in [1.82, 2.24) is 0 Å². The molecule has 0 radical (unpaired) electrons. The number of hydrogen-bond donors (Lipinski definition) is 2. The number of phenols is 1. The Morgan fingerprint density at radius 2 is 2.17 bits per heavy atom. The van der Waals surface area contributed by atoms with Crippen molar-refractivity contribution >= 4 is 11.6 Å². The van der Waals surface area contributed by atoms with Crippen molar-refractivity contribution in [2.45, 2.75) is 19.8 Å². The molecule has 3 unspecified atom stereocenters. The number of hydrogen-bond acceptors (Lipinski definition) is 2. The van der Waals surface area contributed by atoms with Gasteiger partial charge in [-0.1, -0.05) is 18.2 Å². The van der Waals surface area contributed by atoms with Crippen LogP contribution < -0.4 is 5.32 Å². The number of amides is 1. The molecule has 0 aromatic heterocycles. The van der Waals surface area contributed by atoms with Crippen molar-refractivity contribution in [1.29, 1.82) is 0 Å². The largest absolute Gasteiger partial charge is 0.506 e. The molecule has 0 heterocycles. The molecule has 2 aliphatic carbocycles. The molecule has 3 nitrogen and oxygen atoms in total. The molecule has 0 spiro atoms. The minimum absolute atomic E-state index is 0.0333. The van der Waals surface area contributed by atoms with Crippen LogP contribution in [-0.2, 0) is 4.79 Å². The average molecular weight is 243 g/mol. The smallest absolute Gasteiger partial charge is 0.228 e. The number of anilines is 1. The number of phenolic OH excluding ortho intramolecular Hbond substituents is 1. The van der Waals surface area contributed by atoms with Crippen LogP contribution in [0.25, 0.3) is 0 Å². The molecular formula is C15H17NO2. The number of carbonyl (C=O) groups is 1. The summed E-state index contributed by atoms with van der Waals surface area (Å²) in [5.74, 6) is 1.22. The second kappa shape index (κ2) is 4.16. The van der Waals surface area contributed by atoms with Gasteiger partial charge in [-0.25, -0.2) is 0 Å². The number of aryl methyl sites for hydroxylation is 1. The summed E-state index contributed by atoms with van der Waals surface area (Å²) in [4.78, 5) is 12.2. The molecule has 94 valence electrons. The molecule has 2 aliphatic rings. The van der Waals surface area contributed by atoms with Crippen LogP contribution in [-0.4, -0.2) is 11.0 Å². The maximum absolute atomic E-state index is 12.2. The van der Waals surface area contributed by atoms with Crippen molar-refractivity contribution in [2.24, 2.45) is 17.8 Å². The first-order chi connectivity index (χ1) is 8.63. The maximum Gasteiger partial charge on any atom is 0.228 e. The van der Waals surface area contributed by atoms with Gasteiger partial charge in [0.2, 0.25) is 5.91 Å². The number of nitrogens with one attached hydrogen (secondary N) is 1. The van der Waals surface area contributed by atoms with E-state index in [9.17, 15) is 9.90 Å². The van der Waals surface area contributed by atoms with Crippen LogP contribution in [0, 0.1) is 24.7 Å². The summed E-state index contributed by atoms with van der Waals surface area (Å²) in [6.07, 6.45) is 6.43. The molecule has 1 amide bonds. The summed E-state index contributed by atoms with van der Waals surface area (Å²) in [7, 11) is 0. The second-order valence-electron chi connectivity index (χ2n) is 5.40. The van der Waals surface area contributed by atoms with Gasteiger partial charge in [-0.3, -0.25) is 4.79 Å². The normalized spacial score (nSPS) is 28.6. The minimum atomic E-state index is 0.0333. The zero-order valence-corrected chi connectivity index (χ0v) is 10.4. The topological polar surface area (TPSA) is 49.3 Å². The monoisotopic (exact) mass is 243 g/mol. The van der Waals surface area contributed by atoms with Crippen LogP contribution in [0.2, 0.25) is 0 Å². The van der Waals surface area contributed by atoms with Crippen LogP contribution >= 0.6 is 0 Å². The van der Waals surface area contributed by atoms with Gasteiger partial charge in [0.05, 0.1) is 5.69 Å². The highest BCUT2D eigenvalue weighted by atomic mass is 16.3. The van der Waals surface area contributed by atoms with Gasteiger partial charge in [0.15, 0.2) is 0 Å². The highest BCUT2D eigenvalue weighted by molar-refractivity contribution is 5.94. The standard InChI is InChI=1S/C15H17NO2/c1-9-2-5-13(14(17)6-9)16-15(18)12-8-10-3-4-11(12)7-10/h2-6,10-12,17H,7-8H2,1H3,(H,16,18). The number of carbonyl (C=O) groups excluding carboxylic acids is 1. The van der Waals surface area contributed by atoms with E-state index in [2.05, 4.69) is 17.5 Å². The summed E-state index contributed by atoms with van der Waals surface area (Å²) in [5, 5.41) is 12.6.